The number of likely N-dealkylation sites (tertiary alicyclic amines) is 1. The average molecular weight is 423 g/mol. The maximum absolute atomic E-state index is 13.1. The average Bonchev–Trinajstić information content (AvgIpc) is 3.39. The van der Waals surface area contributed by atoms with Crippen LogP contribution in [-0.4, -0.2) is 47.1 Å². The molecule has 0 spiro atoms. The number of nitrogens with zero attached hydrogens (tertiary/aromatic N) is 1. The minimum absolute atomic E-state index is 0.00900. The summed E-state index contributed by atoms with van der Waals surface area (Å²) in [5.74, 6) is -0.732. The van der Waals surface area contributed by atoms with Gasteiger partial charge in [-0.3, -0.25) is 9.59 Å². The molecule has 2 aromatic carbocycles. The van der Waals surface area contributed by atoms with Crippen molar-refractivity contribution < 1.29 is 29.3 Å². The van der Waals surface area contributed by atoms with Gasteiger partial charge in [-0.2, -0.15) is 0 Å². The summed E-state index contributed by atoms with van der Waals surface area (Å²) in [6.45, 7) is 0. The highest BCUT2D eigenvalue weighted by molar-refractivity contribution is 6.46. The minimum atomic E-state index is -0.775. The molecule has 7 nitrogen and oxygen atoms in total. The zero-order chi connectivity index (χ0) is 22.1. The number of carbonyl (C=O) groups is 2. The summed E-state index contributed by atoms with van der Waals surface area (Å²) in [6.07, 6.45) is 3.57. The summed E-state index contributed by atoms with van der Waals surface area (Å²) < 4.78 is 10.6. The molecule has 2 fully saturated rings. The molecule has 2 aliphatic rings. The lowest BCUT2D eigenvalue weighted by Gasteiger charge is -2.30. The van der Waals surface area contributed by atoms with Gasteiger partial charge in [-0.25, -0.2) is 0 Å². The minimum Gasteiger partial charge on any atom is -0.508 e. The normalized spacial score (nSPS) is 21.0. The number of phenolic OH excluding ortho intramolecular Hbond substituents is 1. The molecule has 2 aromatic rings. The van der Waals surface area contributed by atoms with E-state index in [0.29, 0.717) is 22.6 Å². The molecule has 1 saturated carbocycles. The molecule has 162 valence electrons. The van der Waals surface area contributed by atoms with E-state index in [4.69, 9.17) is 9.47 Å². The Hall–Kier alpha value is -3.48. The molecular weight excluding hydrogens is 398 g/mol. The van der Waals surface area contributed by atoms with Crippen LogP contribution in [0, 0.1) is 0 Å². The molecule has 4 rings (SSSR count). The number of ether oxygens (including phenoxy) is 2. The molecule has 1 aliphatic carbocycles. The predicted molar refractivity (Wildman–Crippen MR) is 114 cm³/mol. The largest absolute Gasteiger partial charge is 0.508 e. The molecule has 31 heavy (non-hydrogen) atoms. The van der Waals surface area contributed by atoms with Crippen LogP contribution in [0.3, 0.4) is 0 Å². The fraction of sp³-hybridized carbons (Fsp3) is 0.333. The van der Waals surface area contributed by atoms with E-state index in [1.165, 1.54) is 26.4 Å². The zero-order valence-electron chi connectivity index (χ0n) is 17.5. The van der Waals surface area contributed by atoms with E-state index in [-0.39, 0.29) is 23.1 Å². The highest BCUT2D eigenvalue weighted by Crippen LogP contribution is 2.44. The van der Waals surface area contributed by atoms with E-state index < -0.39 is 17.7 Å². The second kappa shape index (κ2) is 8.34. The van der Waals surface area contributed by atoms with Crippen LogP contribution in [0.15, 0.2) is 48.0 Å². The van der Waals surface area contributed by atoms with Crippen LogP contribution in [0.2, 0.25) is 0 Å². The third kappa shape index (κ3) is 3.60. The molecule has 1 heterocycles. The number of benzene rings is 2. The lowest BCUT2D eigenvalue weighted by atomic mass is 9.94. The highest BCUT2D eigenvalue weighted by Gasteiger charge is 2.49. The van der Waals surface area contributed by atoms with E-state index in [1.807, 2.05) is 0 Å². The number of hydrogen-bond acceptors (Lipinski definition) is 6. The Morgan fingerprint density at radius 2 is 1.71 bits per heavy atom. The van der Waals surface area contributed by atoms with Crippen LogP contribution >= 0.6 is 0 Å². The lowest BCUT2D eigenvalue weighted by molar-refractivity contribution is -0.141. The number of aliphatic hydroxyl groups excluding tert-OH is 1. The molecule has 1 saturated heterocycles. The van der Waals surface area contributed by atoms with Crippen LogP contribution < -0.4 is 9.47 Å². The summed E-state index contributed by atoms with van der Waals surface area (Å²) in [5.41, 5.74) is 0.926. The second-order valence-corrected chi connectivity index (χ2v) is 7.81. The highest BCUT2D eigenvalue weighted by atomic mass is 16.5. The van der Waals surface area contributed by atoms with Crippen molar-refractivity contribution in [3.05, 3.63) is 59.2 Å². The first-order chi connectivity index (χ1) is 15.0. The molecule has 7 heteroatoms. The third-order valence-electron chi connectivity index (χ3n) is 6.04. The first-order valence-electron chi connectivity index (χ1n) is 10.3. The van der Waals surface area contributed by atoms with Crippen molar-refractivity contribution in [3.63, 3.8) is 0 Å². The number of ketones is 1. The van der Waals surface area contributed by atoms with Gasteiger partial charge in [-0.15, -0.1) is 0 Å². The molecular formula is C24H25NO6. The molecule has 2 N–H and O–H groups in total. The van der Waals surface area contributed by atoms with E-state index in [9.17, 15) is 19.8 Å². The van der Waals surface area contributed by atoms with Crippen molar-refractivity contribution in [1.29, 1.82) is 0 Å². The van der Waals surface area contributed by atoms with Gasteiger partial charge < -0.3 is 24.6 Å². The fourth-order valence-electron chi connectivity index (χ4n) is 4.57. The second-order valence-electron chi connectivity index (χ2n) is 7.81. The summed E-state index contributed by atoms with van der Waals surface area (Å²) in [7, 11) is 2.99. The van der Waals surface area contributed by atoms with E-state index in [0.717, 1.165) is 25.7 Å². The quantitative estimate of drug-likeness (QED) is 0.432. The number of Topliss-reactive ketones (excluding diaryl/α,β-unsaturated/α-hetero) is 1. The first kappa shape index (κ1) is 20.8. The SMILES string of the molecule is COc1ccc(/C(O)=C2/C(=O)C(=O)N(C3CCCC3)C2c2cccc(O)c2)cc1OC. The van der Waals surface area contributed by atoms with Crippen LogP contribution in [-0.2, 0) is 9.59 Å². The number of methoxy groups -OCH3 is 2. The standard InChI is InChI=1S/C24H25NO6/c1-30-18-11-10-15(13-19(18)31-2)22(27)20-21(14-6-5-9-17(26)12-14)25(24(29)23(20)28)16-7-3-4-8-16/h5-6,9-13,16,21,26-27H,3-4,7-8H2,1-2H3/b22-20-. The van der Waals surface area contributed by atoms with E-state index in [2.05, 4.69) is 0 Å². The molecule has 1 atom stereocenters. The van der Waals surface area contributed by atoms with Gasteiger partial charge in [0.2, 0.25) is 0 Å². The Morgan fingerprint density at radius 1 is 1.00 bits per heavy atom. The monoisotopic (exact) mass is 423 g/mol. The van der Waals surface area contributed by atoms with Gasteiger partial charge >= 0.3 is 0 Å². The summed E-state index contributed by atoms with van der Waals surface area (Å²) in [6, 6.07) is 10.4. The molecule has 0 radical (unpaired) electrons. The Balaban J connectivity index is 1.89. The van der Waals surface area contributed by atoms with Crippen LogP contribution in [0.25, 0.3) is 5.76 Å². The number of rotatable bonds is 5. The van der Waals surface area contributed by atoms with Crippen molar-refractivity contribution in [2.24, 2.45) is 0 Å². The van der Waals surface area contributed by atoms with Crippen molar-refractivity contribution in [1.82, 2.24) is 4.90 Å². The van der Waals surface area contributed by atoms with Crippen molar-refractivity contribution >= 4 is 17.4 Å². The van der Waals surface area contributed by atoms with E-state index in [1.54, 1.807) is 35.2 Å². The number of phenols is 1. The molecule has 1 aliphatic heterocycles. The Bertz CT molecular complexity index is 1050. The van der Waals surface area contributed by atoms with Gasteiger partial charge in [0, 0.05) is 11.6 Å². The topological polar surface area (TPSA) is 96.3 Å². The third-order valence-corrected chi connectivity index (χ3v) is 6.04. The van der Waals surface area contributed by atoms with Gasteiger partial charge in [0.05, 0.1) is 25.8 Å². The summed E-state index contributed by atoms with van der Waals surface area (Å²) >= 11 is 0. The van der Waals surface area contributed by atoms with Crippen molar-refractivity contribution in [2.75, 3.05) is 14.2 Å². The Morgan fingerprint density at radius 3 is 2.35 bits per heavy atom. The summed E-state index contributed by atoms with van der Waals surface area (Å²) in [5, 5.41) is 21.2. The molecule has 1 unspecified atom stereocenters. The van der Waals surface area contributed by atoms with Gasteiger partial charge in [0.1, 0.15) is 11.5 Å². The number of aromatic hydroxyl groups is 1. The van der Waals surface area contributed by atoms with Crippen LogP contribution in [0.5, 0.6) is 17.2 Å². The predicted octanol–water partition coefficient (Wildman–Crippen LogP) is 3.77. The van der Waals surface area contributed by atoms with Gasteiger partial charge in [0.15, 0.2) is 11.5 Å². The first-order valence-corrected chi connectivity index (χ1v) is 10.3. The van der Waals surface area contributed by atoms with Crippen molar-refractivity contribution in [3.8, 4) is 17.2 Å². The maximum atomic E-state index is 13.1. The van der Waals surface area contributed by atoms with E-state index >= 15 is 0 Å². The van der Waals surface area contributed by atoms with Crippen LogP contribution in [0.1, 0.15) is 42.9 Å². The van der Waals surface area contributed by atoms with Gasteiger partial charge in [-0.1, -0.05) is 25.0 Å². The van der Waals surface area contributed by atoms with Gasteiger partial charge in [-0.05, 0) is 48.7 Å². The number of carbonyl (C=O) groups excluding carboxylic acids is 2. The maximum Gasteiger partial charge on any atom is 0.295 e. The number of amides is 1. The molecule has 0 bridgehead atoms. The number of hydrogen-bond donors (Lipinski definition) is 2. The lowest BCUT2D eigenvalue weighted by Crippen LogP contribution is -2.37. The zero-order valence-corrected chi connectivity index (χ0v) is 17.5. The van der Waals surface area contributed by atoms with Gasteiger partial charge in [0.25, 0.3) is 11.7 Å². The molecule has 1 amide bonds. The Kier molecular flexibility index (Phi) is 5.59. The smallest absolute Gasteiger partial charge is 0.295 e. The number of aliphatic hydroxyl groups is 1. The molecule has 0 aromatic heterocycles. The summed E-state index contributed by atoms with van der Waals surface area (Å²) in [4.78, 5) is 27.7. The van der Waals surface area contributed by atoms with Crippen LogP contribution in [0.4, 0.5) is 0 Å². The van der Waals surface area contributed by atoms with Crippen molar-refractivity contribution in [2.45, 2.75) is 37.8 Å². The fourth-order valence-corrected chi connectivity index (χ4v) is 4.57. The Labute approximate surface area is 180 Å².